The topological polar surface area (TPSA) is 51.8 Å². The lowest BCUT2D eigenvalue weighted by molar-refractivity contribution is -0.00530. The highest BCUT2D eigenvalue weighted by Crippen LogP contribution is 2.62. The van der Waals surface area contributed by atoms with Crippen molar-refractivity contribution < 1.29 is 4.42 Å². The van der Waals surface area contributed by atoms with Gasteiger partial charge in [0.1, 0.15) is 11.2 Å². The molecule has 0 unspecified atom stereocenters. The second kappa shape index (κ2) is 13.2. The van der Waals surface area contributed by atoms with E-state index in [2.05, 4.69) is 128 Å². The minimum atomic E-state index is 0.347. The van der Waals surface area contributed by atoms with Crippen LogP contribution < -0.4 is 0 Å². The molecule has 0 atom stereocenters. The maximum Gasteiger partial charge on any atom is 0.167 e. The summed E-state index contributed by atoms with van der Waals surface area (Å²) < 4.78 is 6.93. The number of hydrogen-bond acceptors (Lipinski definition) is 4. The summed E-state index contributed by atoms with van der Waals surface area (Å²) in [4.78, 5) is 15.8. The van der Waals surface area contributed by atoms with Crippen LogP contribution in [0.4, 0.5) is 0 Å². The molecule has 0 amide bonds. The van der Waals surface area contributed by atoms with Crippen molar-refractivity contribution in [3.05, 3.63) is 138 Å². The molecule has 2 heterocycles. The van der Waals surface area contributed by atoms with Crippen molar-refractivity contribution in [2.45, 2.75) is 94.8 Å². The molecule has 2 aromatic heterocycles. The molecule has 8 aliphatic rings. The monoisotopic (exact) mass is 807 g/mol. The van der Waals surface area contributed by atoms with Gasteiger partial charge in [0.2, 0.25) is 0 Å². The molecule has 6 aromatic carbocycles. The van der Waals surface area contributed by atoms with Gasteiger partial charge in [0.05, 0.1) is 5.56 Å². The average Bonchev–Trinajstić information content (AvgIpc) is 3.67. The summed E-state index contributed by atoms with van der Waals surface area (Å²) in [5.74, 6) is 7.56. The first-order chi connectivity index (χ1) is 30.4. The molecular formula is C58H53N3O. The summed E-state index contributed by atoms with van der Waals surface area (Å²) in [7, 11) is 0. The van der Waals surface area contributed by atoms with E-state index in [0.29, 0.717) is 28.3 Å². The van der Waals surface area contributed by atoms with E-state index in [0.717, 1.165) is 79.5 Å². The van der Waals surface area contributed by atoms with Crippen LogP contribution in [0.5, 0.6) is 0 Å². The van der Waals surface area contributed by atoms with Gasteiger partial charge in [-0.3, -0.25) is 0 Å². The minimum absolute atomic E-state index is 0.347. The van der Waals surface area contributed by atoms with Crippen LogP contribution in [0.25, 0.3) is 78.0 Å². The SMILES string of the molecule is Cc1ccc(-c2nc(-c3ccc(C45CC6CC(CC(C6)C4)C5)cc3)nc(-c3cc4ccccc4c4c3oc3ccc(-c5ccc(C67CC8CC(CC(C8)C6)C7)cc5)cc34)n2)cc1. The molecule has 8 aliphatic carbocycles. The summed E-state index contributed by atoms with van der Waals surface area (Å²) in [5, 5.41) is 4.54. The summed E-state index contributed by atoms with van der Waals surface area (Å²) in [6.45, 7) is 2.12. The lowest BCUT2D eigenvalue weighted by atomic mass is 9.48. The van der Waals surface area contributed by atoms with E-state index in [1.165, 1.54) is 105 Å². The van der Waals surface area contributed by atoms with Gasteiger partial charge < -0.3 is 4.42 Å². The molecule has 0 spiro atoms. The van der Waals surface area contributed by atoms with Crippen LogP contribution >= 0.6 is 0 Å². The molecule has 4 heteroatoms. The van der Waals surface area contributed by atoms with E-state index in [-0.39, 0.29) is 0 Å². The summed E-state index contributed by atoms with van der Waals surface area (Å²) in [6.07, 6.45) is 17.0. The van der Waals surface area contributed by atoms with E-state index in [9.17, 15) is 0 Å². The molecule has 8 saturated carbocycles. The Hall–Kier alpha value is -5.61. The molecule has 16 rings (SSSR count). The van der Waals surface area contributed by atoms with E-state index in [4.69, 9.17) is 19.4 Å². The van der Waals surface area contributed by atoms with Crippen molar-refractivity contribution in [2.24, 2.45) is 35.5 Å². The zero-order valence-corrected chi connectivity index (χ0v) is 35.7. The molecule has 0 aliphatic heterocycles. The highest BCUT2D eigenvalue weighted by Gasteiger charge is 2.52. The number of furan rings is 1. The molecule has 8 aromatic rings. The predicted octanol–water partition coefficient (Wildman–Crippen LogP) is 14.8. The van der Waals surface area contributed by atoms with Gasteiger partial charge in [0.25, 0.3) is 0 Å². The third-order valence-corrected chi connectivity index (χ3v) is 17.3. The molecule has 8 fully saturated rings. The smallest absolute Gasteiger partial charge is 0.167 e. The van der Waals surface area contributed by atoms with E-state index in [1.54, 1.807) is 5.56 Å². The first kappa shape index (κ1) is 35.9. The van der Waals surface area contributed by atoms with Crippen molar-refractivity contribution in [1.29, 1.82) is 0 Å². The van der Waals surface area contributed by atoms with Crippen LogP contribution in [0.15, 0.2) is 126 Å². The van der Waals surface area contributed by atoms with E-state index in [1.807, 2.05) is 0 Å². The lowest BCUT2D eigenvalue weighted by Gasteiger charge is -2.57. The van der Waals surface area contributed by atoms with Crippen LogP contribution in [-0.4, -0.2) is 15.0 Å². The zero-order chi connectivity index (χ0) is 40.7. The van der Waals surface area contributed by atoms with Crippen molar-refractivity contribution in [3.63, 3.8) is 0 Å². The Kier molecular flexibility index (Phi) is 7.65. The molecule has 0 radical (unpaired) electrons. The van der Waals surface area contributed by atoms with Crippen LogP contribution in [-0.2, 0) is 10.8 Å². The zero-order valence-electron chi connectivity index (χ0n) is 35.7. The quantitative estimate of drug-likeness (QED) is 0.168. The molecule has 4 nitrogen and oxygen atoms in total. The number of nitrogens with zero attached hydrogens (tertiary/aromatic N) is 3. The highest BCUT2D eigenvalue weighted by molar-refractivity contribution is 6.22. The summed E-state index contributed by atoms with van der Waals surface area (Å²) in [6, 6.07) is 45.3. The van der Waals surface area contributed by atoms with Crippen molar-refractivity contribution in [3.8, 4) is 45.3 Å². The van der Waals surface area contributed by atoms with E-state index >= 15 is 0 Å². The Labute approximate surface area is 364 Å². The highest BCUT2D eigenvalue weighted by atomic mass is 16.3. The van der Waals surface area contributed by atoms with E-state index < -0.39 is 0 Å². The minimum Gasteiger partial charge on any atom is -0.455 e. The van der Waals surface area contributed by atoms with Crippen molar-refractivity contribution >= 4 is 32.7 Å². The Bertz CT molecular complexity index is 3010. The van der Waals surface area contributed by atoms with Gasteiger partial charge >= 0.3 is 0 Å². The Morgan fingerprint density at radius 3 is 1.47 bits per heavy atom. The van der Waals surface area contributed by atoms with Crippen LogP contribution in [0.3, 0.4) is 0 Å². The van der Waals surface area contributed by atoms with Gasteiger partial charge in [-0.05, 0) is 182 Å². The lowest BCUT2D eigenvalue weighted by Crippen LogP contribution is -2.48. The first-order valence-electron chi connectivity index (χ1n) is 23.8. The third-order valence-electron chi connectivity index (χ3n) is 17.3. The summed E-state index contributed by atoms with van der Waals surface area (Å²) >= 11 is 0. The standard InChI is InChI=1S/C58H53N3O/c1-34-6-8-42(9-7-34)54-59-55(43-12-17-47(18-13-43)58-31-38-23-39(32-58)25-40(24-38)33-58)61-56(60-54)50-27-45-4-2-3-5-48(45)52-49-26-44(14-19-51(49)62-53(50)52)41-10-15-46(16-11-41)57-28-35-20-36(29-57)22-37(21-35)30-57/h2-19,26-27,35-40H,20-25,28-33H2,1H3. The fraction of sp³-hybridized carbons (Fsp3) is 0.362. The fourth-order valence-corrected chi connectivity index (χ4v) is 15.3. The number of aromatic nitrogens is 3. The van der Waals surface area contributed by atoms with Gasteiger partial charge in [0, 0.05) is 21.9 Å². The van der Waals surface area contributed by atoms with Crippen LogP contribution in [0.1, 0.15) is 93.7 Å². The first-order valence-corrected chi connectivity index (χ1v) is 23.8. The van der Waals surface area contributed by atoms with Crippen molar-refractivity contribution in [1.82, 2.24) is 15.0 Å². The molecule has 8 bridgehead atoms. The molecule has 0 saturated heterocycles. The predicted molar refractivity (Wildman–Crippen MR) is 251 cm³/mol. The van der Waals surface area contributed by atoms with Gasteiger partial charge in [-0.15, -0.1) is 0 Å². The molecular weight excluding hydrogens is 755 g/mol. The molecule has 306 valence electrons. The molecule has 62 heavy (non-hydrogen) atoms. The van der Waals surface area contributed by atoms with Crippen LogP contribution in [0, 0.1) is 42.4 Å². The van der Waals surface area contributed by atoms with Crippen LogP contribution in [0.2, 0.25) is 0 Å². The van der Waals surface area contributed by atoms with Crippen molar-refractivity contribution in [2.75, 3.05) is 0 Å². The normalized spacial score (nSPS) is 29.4. The van der Waals surface area contributed by atoms with Gasteiger partial charge in [0.15, 0.2) is 17.5 Å². The average molecular weight is 808 g/mol. The molecule has 0 N–H and O–H groups in total. The maximum absolute atomic E-state index is 6.93. The summed E-state index contributed by atoms with van der Waals surface area (Å²) in [5.41, 5.74) is 12.1. The Morgan fingerprint density at radius 2 is 0.919 bits per heavy atom. The number of benzene rings is 6. The van der Waals surface area contributed by atoms with Gasteiger partial charge in [-0.25, -0.2) is 15.0 Å². The number of hydrogen-bond donors (Lipinski definition) is 0. The Balaban J connectivity index is 0.882. The largest absolute Gasteiger partial charge is 0.455 e. The van der Waals surface area contributed by atoms with Gasteiger partial charge in [-0.1, -0.05) is 109 Å². The second-order valence-corrected chi connectivity index (χ2v) is 21.4. The fourth-order valence-electron chi connectivity index (χ4n) is 15.3. The number of rotatable bonds is 6. The number of fused-ring (bicyclic) bond motifs is 5. The second-order valence-electron chi connectivity index (χ2n) is 21.4. The number of aryl methyl sites for hydroxylation is 1. The third kappa shape index (κ3) is 5.60. The van der Waals surface area contributed by atoms with Gasteiger partial charge in [-0.2, -0.15) is 0 Å². The Morgan fingerprint density at radius 1 is 0.452 bits per heavy atom. The maximum atomic E-state index is 6.93.